The van der Waals surface area contributed by atoms with Crippen molar-refractivity contribution in [3.05, 3.63) is 47.7 Å². The number of carbonyl (C=O) groups excluding carboxylic acids is 1. The van der Waals surface area contributed by atoms with Crippen molar-refractivity contribution in [2.24, 2.45) is 5.92 Å². The highest BCUT2D eigenvalue weighted by atomic mass is 16.5. The molecule has 2 heterocycles. The smallest absolute Gasteiger partial charge is 0.217 e. The number of benzene rings is 1. The molecule has 0 radical (unpaired) electrons. The Hall–Kier alpha value is -2.76. The van der Waals surface area contributed by atoms with Crippen LogP contribution in [-0.2, 0) is 4.79 Å². The fraction of sp³-hybridized carbons (Fsp3) is 0.500. The van der Waals surface area contributed by atoms with Gasteiger partial charge in [0.05, 0.1) is 25.4 Å². The summed E-state index contributed by atoms with van der Waals surface area (Å²) in [5.41, 5.74) is 2.20. The lowest BCUT2D eigenvalue weighted by Crippen LogP contribution is -2.26. The number of pyridine rings is 1. The van der Waals surface area contributed by atoms with Gasteiger partial charge in [0.1, 0.15) is 23.4 Å². The molecule has 1 saturated heterocycles. The van der Waals surface area contributed by atoms with Crippen molar-refractivity contribution < 1.29 is 14.3 Å². The Balaban J connectivity index is 1.31. The summed E-state index contributed by atoms with van der Waals surface area (Å²) < 4.78 is 12.0. The van der Waals surface area contributed by atoms with Crippen molar-refractivity contribution >= 4 is 11.7 Å². The van der Waals surface area contributed by atoms with Crippen LogP contribution in [0.15, 0.2) is 36.5 Å². The SMILES string of the molecule is CC(=O)N[C@@H](C)c1ccc(OC2CCN(c3ncc(OCC4CC4)cc3C)C2)cc1. The molecule has 0 spiro atoms. The topological polar surface area (TPSA) is 63.7 Å². The number of aromatic nitrogens is 1. The molecule has 2 aliphatic rings. The molecule has 2 aromatic rings. The number of nitrogens with zero attached hydrogens (tertiary/aromatic N) is 2. The number of amides is 1. The van der Waals surface area contributed by atoms with Gasteiger partial charge in [-0.15, -0.1) is 0 Å². The van der Waals surface area contributed by atoms with Crippen molar-refractivity contribution in [3.63, 3.8) is 0 Å². The first kappa shape index (κ1) is 20.5. The summed E-state index contributed by atoms with van der Waals surface area (Å²) in [4.78, 5) is 18.2. The summed E-state index contributed by atoms with van der Waals surface area (Å²) in [5, 5.41) is 2.90. The molecule has 2 fully saturated rings. The third-order valence-electron chi connectivity index (χ3n) is 5.76. The number of ether oxygens (including phenoxy) is 2. The van der Waals surface area contributed by atoms with Gasteiger partial charge in [-0.2, -0.15) is 0 Å². The predicted octanol–water partition coefficient (Wildman–Crippen LogP) is 4.03. The molecule has 1 amide bonds. The van der Waals surface area contributed by atoms with Gasteiger partial charge >= 0.3 is 0 Å². The van der Waals surface area contributed by atoms with Crippen LogP contribution in [-0.4, -0.2) is 36.7 Å². The minimum absolute atomic E-state index is 0.0104. The van der Waals surface area contributed by atoms with Crippen LogP contribution >= 0.6 is 0 Å². The second-order valence-electron chi connectivity index (χ2n) is 8.53. The highest BCUT2D eigenvalue weighted by Crippen LogP contribution is 2.31. The minimum atomic E-state index is -0.0275. The lowest BCUT2D eigenvalue weighted by Gasteiger charge is -2.20. The van der Waals surface area contributed by atoms with Crippen LogP contribution in [0.3, 0.4) is 0 Å². The molecular formula is C24H31N3O3. The van der Waals surface area contributed by atoms with Crippen molar-refractivity contribution in [1.82, 2.24) is 10.3 Å². The molecule has 1 N–H and O–H groups in total. The largest absolute Gasteiger partial charge is 0.492 e. The Morgan fingerprint density at radius 2 is 2.00 bits per heavy atom. The molecule has 6 nitrogen and oxygen atoms in total. The molecule has 1 aromatic heterocycles. The second-order valence-corrected chi connectivity index (χ2v) is 8.53. The normalized spacial score (nSPS) is 19.4. The van der Waals surface area contributed by atoms with Crippen LogP contribution in [0.25, 0.3) is 0 Å². The van der Waals surface area contributed by atoms with Gasteiger partial charge in [-0.1, -0.05) is 12.1 Å². The highest BCUT2D eigenvalue weighted by Gasteiger charge is 2.26. The van der Waals surface area contributed by atoms with Gasteiger partial charge in [0, 0.05) is 19.9 Å². The summed E-state index contributed by atoms with van der Waals surface area (Å²) >= 11 is 0. The standard InChI is InChI=1S/C24H31N3O3/c1-16-12-23(29-15-19-4-5-19)13-25-24(16)27-11-10-22(14-27)30-21-8-6-20(7-9-21)17(2)26-18(3)28/h6-9,12-13,17,19,22H,4-5,10-11,14-15H2,1-3H3,(H,26,28)/t17-,22?/m0/s1. The van der Waals surface area contributed by atoms with Gasteiger partial charge in [-0.3, -0.25) is 4.79 Å². The third-order valence-corrected chi connectivity index (χ3v) is 5.76. The first-order valence-corrected chi connectivity index (χ1v) is 10.9. The summed E-state index contributed by atoms with van der Waals surface area (Å²) in [5.74, 6) is 3.45. The van der Waals surface area contributed by atoms with Crippen LogP contribution in [0.4, 0.5) is 5.82 Å². The third kappa shape index (κ3) is 5.23. The quantitative estimate of drug-likeness (QED) is 0.713. The maximum Gasteiger partial charge on any atom is 0.217 e. The lowest BCUT2D eigenvalue weighted by atomic mass is 10.1. The van der Waals surface area contributed by atoms with E-state index in [1.807, 2.05) is 37.4 Å². The molecule has 6 heteroatoms. The van der Waals surface area contributed by atoms with Crippen LogP contribution in [0.1, 0.15) is 50.3 Å². The first-order valence-electron chi connectivity index (χ1n) is 10.9. The van der Waals surface area contributed by atoms with Gasteiger partial charge in [-0.25, -0.2) is 4.98 Å². The molecule has 160 valence electrons. The molecule has 1 aromatic carbocycles. The summed E-state index contributed by atoms with van der Waals surface area (Å²) in [7, 11) is 0. The summed E-state index contributed by atoms with van der Waals surface area (Å²) in [6.45, 7) is 8.16. The zero-order chi connectivity index (χ0) is 21.1. The zero-order valence-electron chi connectivity index (χ0n) is 18.1. The van der Waals surface area contributed by atoms with E-state index in [1.54, 1.807) is 0 Å². The van der Waals surface area contributed by atoms with Crippen molar-refractivity contribution in [3.8, 4) is 11.5 Å². The van der Waals surface area contributed by atoms with E-state index in [1.165, 1.54) is 19.8 Å². The Bertz CT molecular complexity index is 880. The second kappa shape index (κ2) is 8.94. The van der Waals surface area contributed by atoms with E-state index in [0.29, 0.717) is 0 Å². The van der Waals surface area contributed by atoms with Crippen molar-refractivity contribution in [1.29, 1.82) is 0 Å². The van der Waals surface area contributed by atoms with E-state index in [0.717, 1.165) is 60.5 Å². The van der Waals surface area contributed by atoms with E-state index < -0.39 is 0 Å². The Kier molecular flexibility index (Phi) is 6.11. The lowest BCUT2D eigenvalue weighted by molar-refractivity contribution is -0.119. The molecule has 1 aliphatic carbocycles. The number of carbonyl (C=O) groups is 1. The van der Waals surface area contributed by atoms with Crippen LogP contribution < -0.4 is 19.7 Å². The fourth-order valence-electron chi connectivity index (χ4n) is 3.88. The Morgan fingerprint density at radius 1 is 1.23 bits per heavy atom. The molecule has 1 saturated carbocycles. The van der Waals surface area contributed by atoms with Gasteiger partial charge in [0.2, 0.25) is 5.91 Å². The number of hydrogen-bond donors (Lipinski definition) is 1. The van der Waals surface area contributed by atoms with Gasteiger partial charge < -0.3 is 19.7 Å². The van der Waals surface area contributed by atoms with E-state index in [2.05, 4.69) is 28.2 Å². The van der Waals surface area contributed by atoms with Crippen LogP contribution in [0.2, 0.25) is 0 Å². The monoisotopic (exact) mass is 409 g/mol. The summed E-state index contributed by atoms with van der Waals surface area (Å²) in [6, 6.07) is 10.1. The molecule has 1 aliphatic heterocycles. The average molecular weight is 410 g/mol. The van der Waals surface area contributed by atoms with Crippen molar-refractivity contribution in [2.45, 2.75) is 52.2 Å². The Morgan fingerprint density at radius 3 is 2.67 bits per heavy atom. The molecular weight excluding hydrogens is 378 g/mol. The van der Waals surface area contributed by atoms with E-state index >= 15 is 0 Å². The van der Waals surface area contributed by atoms with E-state index in [4.69, 9.17) is 9.47 Å². The first-order chi connectivity index (χ1) is 14.5. The number of hydrogen-bond acceptors (Lipinski definition) is 5. The van der Waals surface area contributed by atoms with Crippen LogP contribution in [0, 0.1) is 12.8 Å². The minimum Gasteiger partial charge on any atom is -0.492 e. The number of anilines is 1. The predicted molar refractivity (Wildman–Crippen MR) is 117 cm³/mol. The number of aryl methyl sites for hydroxylation is 1. The molecule has 1 unspecified atom stereocenters. The van der Waals surface area contributed by atoms with Gasteiger partial charge in [0.15, 0.2) is 0 Å². The molecule has 2 atom stereocenters. The van der Waals surface area contributed by atoms with E-state index in [-0.39, 0.29) is 18.1 Å². The zero-order valence-corrected chi connectivity index (χ0v) is 18.1. The number of nitrogens with one attached hydrogen (secondary N) is 1. The highest BCUT2D eigenvalue weighted by molar-refractivity contribution is 5.73. The molecule has 4 rings (SSSR count). The maximum absolute atomic E-state index is 11.2. The van der Waals surface area contributed by atoms with Crippen molar-refractivity contribution in [2.75, 3.05) is 24.6 Å². The Labute approximate surface area is 178 Å². The number of rotatable bonds is 8. The average Bonchev–Trinajstić information content (AvgIpc) is 3.44. The van der Waals surface area contributed by atoms with E-state index in [9.17, 15) is 4.79 Å². The van der Waals surface area contributed by atoms with Gasteiger partial charge in [0.25, 0.3) is 0 Å². The fourth-order valence-corrected chi connectivity index (χ4v) is 3.88. The summed E-state index contributed by atoms with van der Waals surface area (Å²) in [6.07, 6.45) is 5.52. The molecule has 30 heavy (non-hydrogen) atoms. The molecule has 0 bridgehead atoms. The maximum atomic E-state index is 11.2. The van der Waals surface area contributed by atoms with Crippen LogP contribution in [0.5, 0.6) is 11.5 Å². The van der Waals surface area contributed by atoms with Gasteiger partial charge in [-0.05, 0) is 61.9 Å².